The molecule has 4 fully saturated rings. The molecular formula is C24H40N4O3. The molecule has 2 aliphatic carbocycles. The molecule has 0 radical (unpaired) electrons. The molecule has 31 heavy (non-hydrogen) atoms. The molecule has 2 aliphatic heterocycles. The van der Waals surface area contributed by atoms with Crippen LogP contribution in [0.1, 0.15) is 84.0 Å². The van der Waals surface area contributed by atoms with Gasteiger partial charge in [-0.15, -0.1) is 0 Å². The van der Waals surface area contributed by atoms with Crippen LogP contribution < -0.4 is 10.6 Å². The fourth-order valence-electron chi connectivity index (χ4n) is 6.66. The summed E-state index contributed by atoms with van der Waals surface area (Å²) in [6.45, 7) is 3.15. The molecule has 2 unspecified atom stereocenters. The molecule has 0 aromatic heterocycles. The first-order valence-corrected chi connectivity index (χ1v) is 12.5. The summed E-state index contributed by atoms with van der Waals surface area (Å²) in [7, 11) is 1.74. The minimum Gasteiger partial charge on any atom is -0.313 e. The highest BCUT2D eigenvalue weighted by molar-refractivity contribution is 6.09. The number of nitrogens with zero attached hydrogens (tertiary/aromatic N) is 2. The zero-order valence-corrected chi connectivity index (χ0v) is 19.4. The molecule has 2 saturated carbocycles. The first kappa shape index (κ1) is 22.7. The van der Waals surface area contributed by atoms with Crippen molar-refractivity contribution < 1.29 is 14.4 Å². The molecule has 7 heteroatoms. The van der Waals surface area contributed by atoms with E-state index in [-0.39, 0.29) is 41.6 Å². The summed E-state index contributed by atoms with van der Waals surface area (Å²) >= 11 is 0. The number of urea groups is 1. The molecule has 3 amide bonds. The number of hydrogen-bond donors (Lipinski definition) is 2. The van der Waals surface area contributed by atoms with Gasteiger partial charge >= 0.3 is 6.03 Å². The van der Waals surface area contributed by atoms with Crippen molar-refractivity contribution in [3.8, 4) is 0 Å². The first-order valence-electron chi connectivity index (χ1n) is 12.5. The number of hydrogen-bond acceptors (Lipinski definition) is 5. The van der Waals surface area contributed by atoms with Crippen molar-refractivity contribution in [2.75, 3.05) is 26.8 Å². The Kier molecular flexibility index (Phi) is 6.73. The Morgan fingerprint density at radius 1 is 1.00 bits per heavy atom. The van der Waals surface area contributed by atoms with E-state index in [4.69, 9.17) is 0 Å². The molecule has 2 saturated heterocycles. The van der Waals surface area contributed by atoms with Gasteiger partial charge in [-0.05, 0) is 38.5 Å². The molecular weight excluding hydrogens is 392 g/mol. The van der Waals surface area contributed by atoms with Crippen LogP contribution >= 0.6 is 0 Å². The van der Waals surface area contributed by atoms with E-state index in [2.05, 4.69) is 10.6 Å². The van der Waals surface area contributed by atoms with Crippen molar-refractivity contribution >= 4 is 17.7 Å². The van der Waals surface area contributed by atoms with Crippen LogP contribution in [0.3, 0.4) is 0 Å². The first-order chi connectivity index (χ1) is 14.9. The molecule has 4 rings (SSSR count). The fourth-order valence-corrected chi connectivity index (χ4v) is 6.66. The molecule has 4 aliphatic rings. The Labute approximate surface area is 186 Å². The van der Waals surface area contributed by atoms with Gasteiger partial charge in [0.1, 0.15) is 5.54 Å². The predicted octanol–water partition coefficient (Wildman–Crippen LogP) is 3.04. The van der Waals surface area contributed by atoms with Gasteiger partial charge in [0.15, 0.2) is 5.78 Å². The molecule has 174 valence electrons. The Hall–Kier alpha value is -1.47. The van der Waals surface area contributed by atoms with Crippen LogP contribution in [-0.4, -0.2) is 65.4 Å². The number of carbonyl (C=O) groups excluding carboxylic acids is 3. The summed E-state index contributed by atoms with van der Waals surface area (Å²) in [5, 5.41) is 6.94. The summed E-state index contributed by atoms with van der Waals surface area (Å²) in [5.41, 5.74) is -1.02. The van der Waals surface area contributed by atoms with Crippen molar-refractivity contribution in [2.45, 2.75) is 95.1 Å². The van der Waals surface area contributed by atoms with Crippen LogP contribution in [-0.2, 0) is 9.59 Å². The Morgan fingerprint density at radius 2 is 1.61 bits per heavy atom. The van der Waals surface area contributed by atoms with E-state index in [0.29, 0.717) is 13.2 Å². The van der Waals surface area contributed by atoms with E-state index < -0.39 is 5.54 Å². The van der Waals surface area contributed by atoms with Gasteiger partial charge in [0, 0.05) is 25.8 Å². The summed E-state index contributed by atoms with van der Waals surface area (Å²) in [4.78, 5) is 43.1. The number of nitrogens with one attached hydrogen (secondary N) is 2. The third kappa shape index (κ3) is 4.04. The van der Waals surface area contributed by atoms with Crippen LogP contribution in [0.5, 0.6) is 0 Å². The van der Waals surface area contributed by atoms with Crippen molar-refractivity contribution in [3.63, 3.8) is 0 Å². The predicted molar refractivity (Wildman–Crippen MR) is 119 cm³/mol. The Balaban J connectivity index is 1.51. The van der Waals surface area contributed by atoms with Gasteiger partial charge in [0.2, 0.25) is 0 Å². The van der Waals surface area contributed by atoms with Crippen molar-refractivity contribution in [1.29, 1.82) is 0 Å². The third-order valence-electron chi connectivity index (χ3n) is 8.82. The van der Waals surface area contributed by atoms with Gasteiger partial charge in [0.25, 0.3) is 5.91 Å². The topological polar surface area (TPSA) is 81.8 Å². The van der Waals surface area contributed by atoms with Crippen LogP contribution in [0.2, 0.25) is 0 Å². The second-order valence-electron chi connectivity index (χ2n) is 10.5. The Morgan fingerprint density at radius 3 is 2.29 bits per heavy atom. The maximum absolute atomic E-state index is 13.6. The van der Waals surface area contributed by atoms with Gasteiger partial charge in [-0.1, -0.05) is 51.4 Å². The minimum absolute atomic E-state index is 0.0169. The van der Waals surface area contributed by atoms with E-state index in [9.17, 15) is 14.4 Å². The largest absolute Gasteiger partial charge is 0.327 e. The molecule has 2 heterocycles. The molecule has 2 atom stereocenters. The lowest BCUT2D eigenvalue weighted by molar-refractivity contribution is -0.139. The average Bonchev–Trinajstić information content (AvgIpc) is 2.93. The Bertz CT molecular complexity index is 697. The lowest BCUT2D eigenvalue weighted by atomic mass is 9.71. The number of carbonyl (C=O) groups is 3. The number of rotatable bonds is 4. The highest BCUT2D eigenvalue weighted by atomic mass is 16.2. The maximum atomic E-state index is 13.6. The second-order valence-corrected chi connectivity index (χ2v) is 10.5. The normalized spacial score (nSPS) is 32.9. The number of Topliss-reactive ketones (excluding diaryl/α,β-unsaturated/α-hetero) is 1. The minimum atomic E-state index is -0.821. The third-order valence-corrected chi connectivity index (χ3v) is 8.82. The van der Waals surface area contributed by atoms with Gasteiger partial charge in [-0.3, -0.25) is 19.8 Å². The van der Waals surface area contributed by atoms with Gasteiger partial charge in [-0.2, -0.15) is 0 Å². The van der Waals surface area contributed by atoms with E-state index >= 15 is 0 Å². The van der Waals surface area contributed by atoms with E-state index in [1.54, 1.807) is 11.9 Å². The monoisotopic (exact) mass is 432 g/mol. The summed E-state index contributed by atoms with van der Waals surface area (Å²) in [6, 6.07) is -0.310. The molecule has 1 spiro atoms. The lowest BCUT2D eigenvalue weighted by Crippen LogP contribution is -2.64. The van der Waals surface area contributed by atoms with Gasteiger partial charge < -0.3 is 10.2 Å². The highest BCUT2D eigenvalue weighted by Gasteiger charge is 2.57. The van der Waals surface area contributed by atoms with Crippen LogP contribution in [0.15, 0.2) is 0 Å². The van der Waals surface area contributed by atoms with Crippen molar-refractivity contribution in [1.82, 2.24) is 20.4 Å². The summed E-state index contributed by atoms with van der Waals surface area (Å²) in [6.07, 6.45) is 13.3. The van der Waals surface area contributed by atoms with E-state index in [1.807, 2.05) is 6.92 Å². The molecule has 0 bridgehead atoms. The van der Waals surface area contributed by atoms with Crippen molar-refractivity contribution in [2.24, 2.45) is 11.8 Å². The quantitative estimate of drug-likeness (QED) is 0.668. The molecule has 0 aromatic rings. The number of likely N-dealkylation sites (N-methyl/N-ethyl adjacent to an activating group) is 1. The molecule has 2 N–H and O–H groups in total. The summed E-state index contributed by atoms with van der Waals surface area (Å²) in [5.74, 6) is -0.184. The number of ketones is 1. The van der Waals surface area contributed by atoms with E-state index in [1.165, 1.54) is 30.6 Å². The van der Waals surface area contributed by atoms with Crippen molar-refractivity contribution in [3.05, 3.63) is 0 Å². The zero-order valence-electron chi connectivity index (χ0n) is 19.4. The van der Waals surface area contributed by atoms with Gasteiger partial charge in [-0.25, -0.2) is 4.79 Å². The summed E-state index contributed by atoms with van der Waals surface area (Å²) < 4.78 is 0. The number of imide groups is 1. The highest BCUT2D eigenvalue weighted by Crippen LogP contribution is 2.41. The van der Waals surface area contributed by atoms with Crippen LogP contribution in [0.4, 0.5) is 4.79 Å². The zero-order chi connectivity index (χ0) is 22.1. The van der Waals surface area contributed by atoms with Gasteiger partial charge in [0.05, 0.1) is 12.5 Å². The van der Waals surface area contributed by atoms with E-state index in [0.717, 1.165) is 51.4 Å². The standard InChI is InChI=1S/C24H40N4O3/c1-23(18-11-7-6-8-12-18)21(30)28(22(31)27(23)2)16-20(29)19-15-25-17-26-24(19)13-9-4-3-5-10-14-24/h18-19,25-26H,3-17H2,1-2H3. The SMILES string of the molecule is CN1C(=O)N(CC(=O)C2CNCNC23CCCCCCC3)C(=O)C1(C)C1CCCCC1. The molecule has 0 aromatic carbocycles. The van der Waals surface area contributed by atoms with Crippen LogP contribution in [0, 0.1) is 11.8 Å². The average molecular weight is 433 g/mol. The fraction of sp³-hybridized carbons (Fsp3) is 0.875. The smallest absolute Gasteiger partial charge is 0.313 e. The maximum Gasteiger partial charge on any atom is 0.327 e. The van der Waals surface area contributed by atoms with Crippen LogP contribution in [0.25, 0.3) is 0 Å². The molecule has 7 nitrogen and oxygen atoms in total. The lowest BCUT2D eigenvalue weighted by Gasteiger charge is -2.46. The number of amides is 3. The second kappa shape index (κ2) is 9.18.